The van der Waals surface area contributed by atoms with Gasteiger partial charge in [-0.2, -0.15) is 0 Å². The van der Waals surface area contributed by atoms with Crippen molar-refractivity contribution >= 4 is 0 Å². The maximum atomic E-state index is 10.3. The molecule has 1 N–H and O–H groups in total. The molecule has 0 aliphatic heterocycles. The average Bonchev–Trinajstić information content (AvgIpc) is 2.72. The van der Waals surface area contributed by atoms with Crippen molar-refractivity contribution in [1.29, 1.82) is 0 Å². The van der Waals surface area contributed by atoms with Gasteiger partial charge in [-0.3, -0.25) is 0 Å². The second kappa shape index (κ2) is 5.43. The van der Waals surface area contributed by atoms with E-state index in [4.69, 9.17) is 0 Å². The van der Waals surface area contributed by atoms with Crippen LogP contribution in [0.5, 0.6) is 0 Å². The Balaban J connectivity index is 1.79. The fourth-order valence-corrected chi connectivity index (χ4v) is 2.96. The first-order chi connectivity index (χ1) is 8.48. The smallest absolute Gasteiger partial charge is 0.108 e. The van der Waals surface area contributed by atoms with Crippen molar-refractivity contribution in [2.75, 3.05) is 0 Å². The van der Waals surface area contributed by atoms with Gasteiger partial charge >= 0.3 is 0 Å². The van der Waals surface area contributed by atoms with Gasteiger partial charge in [0.2, 0.25) is 0 Å². The number of aliphatic hydroxyl groups excluding tert-OH is 1. The lowest BCUT2D eigenvalue weighted by Gasteiger charge is -2.36. The van der Waals surface area contributed by atoms with Crippen molar-refractivity contribution in [2.24, 2.45) is 18.4 Å². The summed E-state index contributed by atoms with van der Waals surface area (Å²) in [5, 5.41) is 10.3. The van der Waals surface area contributed by atoms with E-state index in [2.05, 4.69) is 18.8 Å². The van der Waals surface area contributed by atoms with Gasteiger partial charge in [0.1, 0.15) is 5.82 Å². The van der Waals surface area contributed by atoms with Crippen molar-refractivity contribution in [3.8, 4) is 0 Å². The normalized spacial score (nSPS) is 22.0. The van der Waals surface area contributed by atoms with Gasteiger partial charge in [0.15, 0.2) is 0 Å². The van der Waals surface area contributed by atoms with Gasteiger partial charge in [0, 0.05) is 25.9 Å². The highest BCUT2D eigenvalue weighted by molar-refractivity contribution is 4.92. The van der Waals surface area contributed by atoms with E-state index in [1.165, 1.54) is 25.7 Å². The molecule has 102 valence electrons. The Bertz CT molecular complexity index is 374. The summed E-state index contributed by atoms with van der Waals surface area (Å²) in [6.07, 6.45) is 10.2. The van der Waals surface area contributed by atoms with Crippen LogP contribution >= 0.6 is 0 Å². The molecule has 1 aromatic rings. The summed E-state index contributed by atoms with van der Waals surface area (Å²) in [5.74, 6) is 1.57. The zero-order valence-corrected chi connectivity index (χ0v) is 11.9. The van der Waals surface area contributed by atoms with Gasteiger partial charge in [-0.15, -0.1) is 0 Å². The number of aryl methyl sites for hydroxylation is 2. The molecule has 18 heavy (non-hydrogen) atoms. The molecular formula is C15H26N2O. The number of aliphatic hydroxyl groups is 1. The second-order valence-corrected chi connectivity index (χ2v) is 6.56. The number of hydrogen-bond donors (Lipinski definition) is 1. The zero-order valence-electron chi connectivity index (χ0n) is 11.9. The number of imidazole rings is 1. The van der Waals surface area contributed by atoms with Gasteiger partial charge < -0.3 is 9.67 Å². The van der Waals surface area contributed by atoms with E-state index in [1.807, 2.05) is 24.0 Å². The molecule has 0 saturated heterocycles. The molecule has 1 aliphatic carbocycles. The molecule has 0 spiro atoms. The van der Waals surface area contributed by atoms with Crippen LogP contribution in [-0.2, 0) is 13.5 Å². The van der Waals surface area contributed by atoms with Crippen LogP contribution < -0.4 is 0 Å². The van der Waals surface area contributed by atoms with Crippen LogP contribution in [0, 0.1) is 11.3 Å². The molecule has 1 unspecified atom stereocenters. The predicted molar refractivity (Wildman–Crippen MR) is 73.3 cm³/mol. The van der Waals surface area contributed by atoms with E-state index in [1.54, 1.807) is 0 Å². The summed E-state index contributed by atoms with van der Waals surface area (Å²) in [7, 11) is 2.01. The van der Waals surface area contributed by atoms with Crippen molar-refractivity contribution < 1.29 is 5.11 Å². The molecule has 3 heteroatoms. The maximum absolute atomic E-state index is 10.3. The highest BCUT2D eigenvalue weighted by atomic mass is 16.3. The molecule has 1 saturated carbocycles. The van der Waals surface area contributed by atoms with Gasteiger partial charge in [-0.05, 0) is 43.4 Å². The van der Waals surface area contributed by atoms with Gasteiger partial charge in [0.05, 0.1) is 6.10 Å². The topological polar surface area (TPSA) is 38.0 Å². The third-order valence-corrected chi connectivity index (χ3v) is 4.51. The quantitative estimate of drug-likeness (QED) is 0.892. The van der Waals surface area contributed by atoms with Crippen LogP contribution in [-0.4, -0.2) is 20.8 Å². The minimum atomic E-state index is -0.155. The number of hydrogen-bond acceptors (Lipinski definition) is 2. The standard InChI is InChI=1S/C15H26N2O/c1-15(2)8-6-12(7-9-15)13(18)4-5-14-16-10-11-17(14)3/h10-13,18H,4-9H2,1-3H3. The highest BCUT2D eigenvalue weighted by Gasteiger charge is 2.30. The van der Waals surface area contributed by atoms with Crippen LogP contribution in [0.1, 0.15) is 51.8 Å². The van der Waals surface area contributed by atoms with Crippen molar-refractivity contribution in [3.05, 3.63) is 18.2 Å². The first kappa shape index (κ1) is 13.6. The predicted octanol–water partition coefficient (Wildman–Crippen LogP) is 2.93. The molecule has 0 aromatic carbocycles. The van der Waals surface area contributed by atoms with E-state index in [9.17, 15) is 5.11 Å². The van der Waals surface area contributed by atoms with Crippen LogP contribution in [0.4, 0.5) is 0 Å². The van der Waals surface area contributed by atoms with Crippen molar-refractivity contribution in [3.63, 3.8) is 0 Å². The van der Waals surface area contributed by atoms with Gasteiger partial charge in [0.25, 0.3) is 0 Å². The zero-order chi connectivity index (χ0) is 13.2. The average molecular weight is 250 g/mol. The minimum Gasteiger partial charge on any atom is -0.393 e. The lowest BCUT2D eigenvalue weighted by atomic mass is 9.71. The Morgan fingerprint density at radius 2 is 2.11 bits per heavy atom. The molecule has 1 fully saturated rings. The van der Waals surface area contributed by atoms with Crippen molar-refractivity contribution in [2.45, 2.75) is 58.5 Å². The molecule has 0 bridgehead atoms. The molecule has 3 nitrogen and oxygen atoms in total. The third kappa shape index (κ3) is 3.35. The second-order valence-electron chi connectivity index (χ2n) is 6.56. The van der Waals surface area contributed by atoms with E-state index < -0.39 is 0 Å². The van der Waals surface area contributed by atoms with Crippen LogP contribution in [0.25, 0.3) is 0 Å². The van der Waals surface area contributed by atoms with Crippen LogP contribution in [0.3, 0.4) is 0 Å². The lowest BCUT2D eigenvalue weighted by Crippen LogP contribution is -2.29. The minimum absolute atomic E-state index is 0.155. The van der Waals surface area contributed by atoms with Gasteiger partial charge in [-0.1, -0.05) is 13.8 Å². The Morgan fingerprint density at radius 1 is 1.44 bits per heavy atom. The summed E-state index contributed by atoms with van der Waals surface area (Å²) < 4.78 is 2.04. The number of rotatable bonds is 4. The largest absolute Gasteiger partial charge is 0.393 e. The lowest BCUT2D eigenvalue weighted by molar-refractivity contribution is 0.0513. The van der Waals surface area contributed by atoms with Crippen molar-refractivity contribution in [1.82, 2.24) is 9.55 Å². The third-order valence-electron chi connectivity index (χ3n) is 4.51. The summed E-state index contributed by atoms with van der Waals surface area (Å²) in [6, 6.07) is 0. The Kier molecular flexibility index (Phi) is 4.10. The Morgan fingerprint density at radius 3 is 2.67 bits per heavy atom. The SMILES string of the molecule is Cn1ccnc1CCC(O)C1CCC(C)(C)CC1. The van der Waals surface area contributed by atoms with E-state index in [-0.39, 0.29) is 6.10 Å². The maximum Gasteiger partial charge on any atom is 0.108 e. The first-order valence-electron chi connectivity index (χ1n) is 7.12. The van der Waals surface area contributed by atoms with E-state index in [0.29, 0.717) is 11.3 Å². The first-order valence-corrected chi connectivity index (χ1v) is 7.12. The Hall–Kier alpha value is -0.830. The summed E-state index contributed by atoms with van der Waals surface area (Å²) in [6.45, 7) is 4.67. The summed E-state index contributed by atoms with van der Waals surface area (Å²) >= 11 is 0. The van der Waals surface area contributed by atoms with Gasteiger partial charge in [-0.25, -0.2) is 4.98 Å². The molecule has 1 heterocycles. The van der Waals surface area contributed by atoms with E-state index in [0.717, 1.165) is 18.7 Å². The highest BCUT2D eigenvalue weighted by Crippen LogP contribution is 2.39. The fraction of sp³-hybridized carbons (Fsp3) is 0.800. The number of aromatic nitrogens is 2. The molecular weight excluding hydrogens is 224 g/mol. The number of nitrogens with zero attached hydrogens (tertiary/aromatic N) is 2. The molecule has 0 radical (unpaired) electrons. The van der Waals surface area contributed by atoms with Crippen LogP contribution in [0.15, 0.2) is 12.4 Å². The fourth-order valence-electron chi connectivity index (χ4n) is 2.96. The monoisotopic (exact) mass is 250 g/mol. The molecule has 1 aliphatic rings. The molecule has 1 aromatic heterocycles. The molecule has 1 atom stereocenters. The summed E-state index contributed by atoms with van der Waals surface area (Å²) in [4.78, 5) is 4.31. The molecule has 0 amide bonds. The van der Waals surface area contributed by atoms with E-state index >= 15 is 0 Å². The molecule has 2 rings (SSSR count). The Labute approximate surface area is 110 Å². The summed E-state index contributed by atoms with van der Waals surface area (Å²) in [5.41, 5.74) is 0.482. The van der Waals surface area contributed by atoms with Crippen LogP contribution in [0.2, 0.25) is 0 Å².